The lowest BCUT2D eigenvalue weighted by Crippen LogP contribution is -2.53. The Balaban J connectivity index is 2.25. The molecule has 0 saturated heterocycles. The Kier molecular flexibility index (Phi) is 9.92. The predicted molar refractivity (Wildman–Crippen MR) is 126 cm³/mol. The van der Waals surface area contributed by atoms with Crippen molar-refractivity contribution in [2.24, 2.45) is 5.92 Å². The lowest BCUT2D eigenvalue weighted by atomic mass is 9.92. The molecule has 1 aromatic rings. The number of hydrogen-bond donors (Lipinski definition) is 4. The first-order valence-corrected chi connectivity index (χ1v) is 11.4. The van der Waals surface area contributed by atoms with E-state index in [2.05, 4.69) is 21.3 Å². The van der Waals surface area contributed by atoms with Gasteiger partial charge < -0.3 is 26.0 Å². The van der Waals surface area contributed by atoms with Crippen molar-refractivity contribution in [3.8, 4) is 0 Å². The van der Waals surface area contributed by atoms with Gasteiger partial charge in [-0.1, -0.05) is 12.1 Å². The maximum Gasteiger partial charge on any atom is 0.309 e. The molecule has 3 rings (SSSR count). The molecule has 2 aliphatic heterocycles. The van der Waals surface area contributed by atoms with Gasteiger partial charge >= 0.3 is 5.97 Å². The van der Waals surface area contributed by atoms with Crippen LogP contribution >= 0.6 is 0 Å². The molecule has 0 saturated carbocycles. The molecule has 4 N–H and O–H groups in total. The summed E-state index contributed by atoms with van der Waals surface area (Å²) in [5, 5.41) is 10.2. The molecule has 0 radical (unpaired) electrons. The van der Waals surface area contributed by atoms with Gasteiger partial charge in [0.25, 0.3) is 0 Å². The first kappa shape index (κ1) is 27.5. The molecule has 3 unspecified atom stereocenters. The molecule has 4 atom stereocenters. The van der Waals surface area contributed by atoms with E-state index in [-0.39, 0.29) is 37.4 Å². The number of esters is 1. The van der Waals surface area contributed by atoms with E-state index in [0.29, 0.717) is 5.69 Å². The van der Waals surface area contributed by atoms with E-state index in [4.69, 9.17) is 4.74 Å². The van der Waals surface area contributed by atoms with Crippen LogP contribution in [-0.2, 0) is 39.9 Å². The van der Waals surface area contributed by atoms with Gasteiger partial charge in [0, 0.05) is 24.9 Å². The van der Waals surface area contributed by atoms with Crippen molar-refractivity contribution >= 4 is 41.1 Å². The molecule has 4 amide bonds. The van der Waals surface area contributed by atoms with Crippen LogP contribution in [-0.4, -0.2) is 60.6 Å². The molecule has 2 aliphatic rings. The van der Waals surface area contributed by atoms with Crippen LogP contribution < -0.4 is 21.3 Å². The highest BCUT2D eigenvalue weighted by atomic mass is 16.5. The Morgan fingerprint density at radius 3 is 1.91 bits per heavy atom. The second kappa shape index (κ2) is 12.6. The minimum atomic E-state index is -0.980. The summed E-state index contributed by atoms with van der Waals surface area (Å²) in [6.45, 7) is 4.40. The molecule has 0 aliphatic carbocycles. The van der Waals surface area contributed by atoms with Gasteiger partial charge in [-0.15, -0.1) is 0 Å². The van der Waals surface area contributed by atoms with Crippen LogP contribution in [0.4, 0.5) is 5.69 Å². The second-order valence-electron chi connectivity index (χ2n) is 8.59. The van der Waals surface area contributed by atoms with Crippen molar-refractivity contribution in [2.75, 3.05) is 12.4 Å². The van der Waals surface area contributed by atoms with Gasteiger partial charge in [-0.05, 0) is 44.9 Å². The maximum atomic E-state index is 12.8. The SMILES string of the molecule is COC(=O)[C@H]1CC(=O)C(C)NC(=O)C(C)NC(=O)C(C)NC(=O)CCC(=O)Nc2ccc(cc2)C1. The fourth-order valence-electron chi connectivity index (χ4n) is 3.49. The van der Waals surface area contributed by atoms with Gasteiger partial charge in [0.15, 0.2) is 5.78 Å². The molecule has 190 valence electrons. The largest absolute Gasteiger partial charge is 0.469 e. The summed E-state index contributed by atoms with van der Waals surface area (Å²) in [7, 11) is 1.24. The molecule has 0 spiro atoms. The van der Waals surface area contributed by atoms with Crippen LogP contribution in [0.3, 0.4) is 0 Å². The highest BCUT2D eigenvalue weighted by molar-refractivity contribution is 5.96. The molecule has 0 fully saturated rings. The highest BCUT2D eigenvalue weighted by Gasteiger charge is 2.28. The van der Waals surface area contributed by atoms with Crippen LogP contribution in [0, 0.1) is 5.92 Å². The smallest absolute Gasteiger partial charge is 0.309 e. The molecule has 11 heteroatoms. The van der Waals surface area contributed by atoms with Crippen molar-refractivity contribution in [3.63, 3.8) is 0 Å². The Morgan fingerprint density at radius 2 is 1.31 bits per heavy atom. The number of hydrogen-bond acceptors (Lipinski definition) is 7. The van der Waals surface area contributed by atoms with Crippen LogP contribution in [0.25, 0.3) is 0 Å². The zero-order valence-electron chi connectivity index (χ0n) is 20.3. The number of Topliss-reactive ketones (excluding diaryl/α,β-unsaturated/α-hetero) is 1. The number of fused-ring (bicyclic) bond motifs is 18. The van der Waals surface area contributed by atoms with E-state index >= 15 is 0 Å². The minimum Gasteiger partial charge on any atom is -0.469 e. The second-order valence-corrected chi connectivity index (χ2v) is 8.59. The standard InChI is InChI=1S/C24H32N4O7/c1-13-19(29)12-17(24(34)35-4)11-16-5-7-18(8-6-16)28-21(31)10-9-20(30)25-14(2)22(32)27-15(3)23(33)26-13/h5-8,13-15,17H,9-12H2,1-4H3,(H,25,30)(H,26,33)(H,27,32)(H,28,31)/t13?,14?,15?,17-/m1/s1. The summed E-state index contributed by atoms with van der Waals surface area (Å²) in [5.41, 5.74) is 1.26. The summed E-state index contributed by atoms with van der Waals surface area (Å²) >= 11 is 0. The van der Waals surface area contributed by atoms with E-state index in [9.17, 15) is 28.8 Å². The zero-order valence-corrected chi connectivity index (χ0v) is 20.3. The van der Waals surface area contributed by atoms with E-state index in [0.717, 1.165) is 5.56 Å². The first-order valence-electron chi connectivity index (χ1n) is 11.4. The Hall–Kier alpha value is -3.76. The number of ketones is 1. The lowest BCUT2D eigenvalue weighted by Gasteiger charge is -2.21. The Labute approximate surface area is 203 Å². The van der Waals surface area contributed by atoms with Crippen molar-refractivity contribution < 1.29 is 33.5 Å². The van der Waals surface area contributed by atoms with E-state index in [1.165, 1.54) is 27.9 Å². The normalized spacial score (nSPS) is 25.4. The maximum absolute atomic E-state index is 12.8. The van der Waals surface area contributed by atoms with Crippen LogP contribution in [0.5, 0.6) is 0 Å². The fourth-order valence-corrected chi connectivity index (χ4v) is 3.49. The summed E-state index contributed by atoms with van der Waals surface area (Å²) in [4.78, 5) is 74.2. The van der Waals surface area contributed by atoms with Gasteiger partial charge in [0.2, 0.25) is 23.6 Å². The lowest BCUT2D eigenvalue weighted by molar-refractivity contribution is -0.147. The Bertz CT molecular complexity index is 977. The van der Waals surface area contributed by atoms with Crippen molar-refractivity contribution in [3.05, 3.63) is 29.8 Å². The van der Waals surface area contributed by atoms with Crippen LogP contribution in [0.2, 0.25) is 0 Å². The molecular formula is C24H32N4O7. The third-order valence-electron chi connectivity index (χ3n) is 5.65. The molecule has 1 aromatic carbocycles. The number of carbonyl (C=O) groups is 6. The van der Waals surface area contributed by atoms with Gasteiger partial charge in [-0.25, -0.2) is 0 Å². The van der Waals surface area contributed by atoms with E-state index in [1.54, 1.807) is 24.3 Å². The molecule has 2 heterocycles. The molecule has 0 aromatic heterocycles. The summed E-state index contributed by atoms with van der Waals surface area (Å²) in [6.07, 6.45) is -0.155. The number of nitrogens with one attached hydrogen (secondary N) is 4. The van der Waals surface area contributed by atoms with Gasteiger partial charge in [0.1, 0.15) is 12.1 Å². The molecular weight excluding hydrogens is 456 g/mol. The molecule has 2 bridgehead atoms. The average Bonchev–Trinajstić information content (AvgIpc) is 2.82. The quantitative estimate of drug-likeness (QED) is 0.325. The van der Waals surface area contributed by atoms with Gasteiger partial charge in [0.05, 0.1) is 19.1 Å². The minimum absolute atomic E-state index is 0.0921. The Morgan fingerprint density at radius 1 is 0.771 bits per heavy atom. The van der Waals surface area contributed by atoms with Crippen LogP contribution in [0.1, 0.15) is 45.6 Å². The third-order valence-corrected chi connectivity index (χ3v) is 5.65. The first-order chi connectivity index (χ1) is 16.5. The predicted octanol–water partition coefficient (Wildman–Crippen LogP) is 0.224. The van der Waals surface area contributed by atoms with Crippen molar-refractivity contribution in [1.82, 2.24) is 16.0 Å². The number of amides is 4. The third kappa shape index (κ3) is 8.51. The summed E-state index contributed by atoms with van der Waals surface area (Å²) in [5.74, 6) is -3.76. The van der Waals surface area contributed by atoms with Gasteiger partial charge in [-0.3, -0.25) is 28.8 Å². The number of ether oxygens (including phenoxy) is 1. The summed E-state index contributed by atoms with van der Waals surface area (Å²) in [6, 6.07) is 3.92. The molecule has 11 nitrogen and oxygen atoms in total. The number of rotatable bonds is 1. The van der Waals surface area contributed by atoms with Crippen molar-refractivity contribution in [2.45, 2.75) is 64.6 Å². The number of carbonyl (C=O) groups excluding carboxylic acids is 6. The van der Waals surface area contributed by atoms with E-state index < -0.39 is 47.7 Å². The molecule has 35 heavy (non-hydrogen) atoms. The number of benzene rings is 1. The van der Waals surface area contributed by atoms with Crippen LogP contribution in [0.15, 0.2) is 24.3 Å². The van der Waals surface area contributed by atoms with E-state index in [1.807, 2.05) is 0 Å². The highest BCUT2D eigenvalue weighted by Crippen LogP contribution is 2.18. The van der Waals surface area contributed by atoms with Crippen molar-refractivity contribution in [1.29, 1.82) is 0 Å². The monoisotopic (exact) mass is 488 g/mol. The summed E-state index contributed by atoms with van der Waals surface area (Å²) < 4.78 is 4.85. The van der Waals surface area contributed by atoms with Gasteiger partial charge in [-0.2, -0.15) is 0 Å². The zero-order chi connectivity index (χ0) is 26.1. The number of methoxy groups -OCH3 is 1. The fraction of sp³-hybridized carbons (Fsp3) is 0.500. The topological polar surface area (TPSA) is 160 Å². The number of anilines is 1. The average molecular weight is 489 g/mol.